The summed E-state index contributed by atoms with van der Waals surface area (Å²) in [5.74, 6) is 0.0962. The van der Waals surface area contributed by atoms with Gasteiger partial charge in [-0.2, -0.15) is 13.9 Å². The average molecular weight is 259 g/mol. The highest BCUT2D eigenvalue weighted by Crippen LogP contribution is 2.15. The van der Waals surface area contributed by atoms with E-state index in [1.165, 1.54) is 12.1 Å². The second-order valence-electron chi connectivity index (χ2n) is 3.08. The number of nitrogens with one attached hydrogen (secondary N) is 1. The van der Waals surface area contributed by atoms with Gasteiger partial charge in [0.1, 0.15) is 5.75 Å². The monoisotopic (exact) mass is 259 g/mol. The van der Waals surface area contributed by atoms with Gasteiger partial charge in [0.05, 0.1) is 5.71 Å². The molecule has 0 saturated carbocycles. The van der Waals surface area contributed by atoms with Gasteiger partial charge in [-0.3, -0.25) is 5.43 Å². The van der Waals surface area contributed by atoms with E-state index in [9.17, 15) is 8.78 Å². The van der Waals surface area contributed by atoms with Gasteiger partial charge in [-0.25, -0.2) is 0 Å². The van der Waals surface area contributed by atoms with Gasteiger partial charge in [0.2, 0.25) is 0 Å². The molecular weight excluding hydrogens is 248 g/mol. The normalized spacial score (nSPS) is 11.4. The van der Waals surface area contributed by atoms with E-state index in [4.69, 9.17) is 5.73 Å². The molecule has 0 aliphatic heterocycles. The van der Waals surface area contributed by atoms with E-state index in [1.807, 2.05) is 0 Å². The highest BCUT2D eigenvalue weighted by atomic mass is 32.1. The fraction of sp³-hybridized carbons (Fsp3) is 0.200. The molecule has 0 radical (unpaired) electrons. The molecule has 0 bridgehead atoms. The number of rotatable bonds is 4. The van der Waals surface area contributed by atoms with E-state index < -0.39 is 6.61 Å². The Labute approximate surface area is 102 Å². The quantitative estimate of drug-likeness (QED) is 0.492. The molecule has 0 fully saturated rings. The highest BCUT2D eigenvalue weighted by molar-refractivity contribution is 7.80. The van der Waals surface area contributed by atoms with E-state index in [0.717, 1.165) is 5.56 Å². The van der Waals surface area contributed by atoms with Crippen molar-refractivity contribution in [2.24, 2.45) is 10.8 Å². The summed E-state index contributed by atoms with van der Waals surface area (Å²) in [7, 11) is 0. The molecule has 0 amide bonds. The van der Waals surface area contributed by atoms with Crippen LogP contribution in [-0.2, 0) is 0 Å². The van der Waals surface area contributed by atoms with E-state index >= 15 is 0 Å². The van der Waals surface area contributed by atoms with Gasteiger partial charge in [0.25, 0.3) is 0 Å². The Morgan fingerprint density at radius 2 is 2.00 bits per heavy atom. The summed E-state index contributed by atoms with van der Waals surface area (Å²) in [6.45, 7) is -1.10. The Kier molecular flexibility index (Phi) is 4.77. The van der Waals surface area contributed by atoms with Crippen molar-refractivity contribution in [3.8, 4) is 5.75 Å². The molecule has 92 valence electrons. The van der Waals surface area contributed by atoms with Crippen molar-refractivity contribution in [2.45, 2.75) is 13.5 Å². The van der Waals surface area contributed by atoms with Crippen LogP contribution in [0.25, 0.3) is 0 Å². The number of hydrazone groups is 1. The lowest BCUT2D eigenvalue weighted by Gasteiger charge is -2.05. The summed E-state index contributed by atoms with van der Waals surface area (Å²) < 4.78 is 28.0. The highest BCUT2D eigenvalue weighted by Gasteiger charge is 2.04. The van der Waals surface area contributed by atoms with Gasteiger partial charge in [0.15, 0.2) is 5.11 Å². The fourth-order valence-corrected chi connectivity index (χ4v) is 1.13. The van der Waals surface area contributed by atoms with Gasteiger partial charge in [-0.1, -0.05) is 0 Å². The summed E-state index contributed by atoms with van der Waals surface area (Å²) in [5.41, 5.74) is 9.02. The number of halogens is 2. The Bertz CT molecular complexity index is 420. The van der Waals surface area contributed by atoms with Gasteiger partial charge in [0, 0.05) is 0 Å². The summed E-state index contributed by atoms with van der Waals surface area (Å²) in [4.78, 5) is 0. The van der Waals surface area contributed by atoms with Crippen LogP contribution in [0.4, 0.5) is 8.78 Å². The SMILES string of the molecule is CC(=NNC(N)=S)c1ccc(OC(F)F)cc1. The first-order chi connectivity index (χ1) is 7.99. The van der Waals surface area contributed by atoms with E-state index in [2.05, 4.69) is 27.5 Å². The van der Waals surface area contributed by atoms with Gasteiger partial charge in [-0.05, 0) is 49.0 Å². The number of alkyl halides is 2. The van der Waals surface area contributed by atoms with Crippen LogP contribution in [0.15, 0.2) is 29.4 Å². The maximum absolute atomic E-state index is 11.9. The average Bonchev–Trinajstić information content (AvgIpc) is 2.26. The van der Waals surface area contributed by atoms with Gasteiger partial charge in [-0.15, -0.1) is 0 Å². The van der Waals surface area contributed by atoms with E-state index in [0.29, 0.717) is 5.71 Å². The van der Waals surface area contributed by atoms with Crippen molar-refractivity contribution in [3.63, 3.8) is 0 Å². The maximum Gasteiger partial charge on any atom is 0.387 e. The van der Waals surface area contributed by atoms with Crippen molar-refractivity contribution in [1.82, 2.24) is 5.43 Å². The molecule has 0 spiro atoms. The summed E-state index contributed by atoms with van der Waals surface area (Å²) in [5, 5.41) is 3.95. The number of thiocarbonyl (C=S) groups is 1. The lowest BCUT2D eigenvalue weighted by molar-refractivity contribution is -0.0498. The predicted molar refractivity (Wildman–Crippen MR) is 65.2 cm³/mol. The standard InChI is InChI=1S/C10H11F2N3OS/c1-6(14-15-10(13)17)7-2-4-8(5-3-7)16-9(11)12/h2-5,9H,1H3,(H3,13,15,17). The van der Waals surface area contributed by atoms with E-state index in [1.54, 1.807) is 19.1 Å². The lowest BCUT2D eigenvalue weighted by Crippen LogP contribution is -2.25. The number of hydrogen-bond acceptors (Lipinski definition) is 3. The Morgan fingerprint density at radius 1 is 1.41 bits per heavy atom. The minimum atomic E-state index is -2.83. The van der Waals surface area contributed by atoms with Crippen LogP contribution in [0.2, 0.25) is 0 Å². The molecule has 0 aliphatic carbocycles. The molecule has 17 heavy (non-hydrogen) atoms. The number of benzene rings is 1. The molecule has 4 nitrogen and oxygen atoms in total. The van der Waals surface area contributed by atoms with Crippen LogP contribution in [0.1, 0.15) is 12.5 Å². The second-order valence-corrected chi connectivity index (χ2v) is 3.52. The Morgan fingerprint density at radius 3 is 2.47 bits per heavy atom. The molecule has 0 atom stereocenters. The second kappa shape index (κ2) is 6.09. The third kappa shape index (κ3) is 4.73. The number of ether oxygens (including phenoxy) is 1. The van der Waals surface area contributed by atoms with Crippen LogP contribution in [0, 0.1) is 0 Å². The predicted octanol–water partition coefficient (Wildman–Crippen LogP) is 1.85. The summed E-state index contributed by atoms with van der Waals surface area (Å²) in [6.07, 6.45) is 0. The van der Waals surface area contributed by atoms with Crippen LogP contribution in [-0.4, -0.2) is 17.4 Å². The first-order valence-electron chi connectivity index (χ1n) is 4.64. The van der Waals surface area contributed by atoms with Crippen molar-refractivity contribution in [2.75, 3.05) is 0 Å². The minimum Gasteiger partial charge on any atom is -0.435 e. The molecule has 0 aromatic heterocycles. The third-order valence-corrected chi connectivity index (χ3v) is 1.92. The molecule has 1 aromatic rings. The molecule has 0 aliphatic rings. The van der Waals surface area contributed by atoms with Crippen molar-refractivity contribution < 1.29 is 13.5 Å². The zero-order valence-electron chi connectivity index (χ0n) is 8.98. The van der Waals surface area contributed by atoms with Crippen LogP contribution in [0.5, 0.6) is 5.75 Å². The molecule has 7 heteroatoms. The Hall–Kier alpha value is -1.76. The zero-order chi connectivity index (χ0) is 12.8. The largest absolute Gasteiger partial charge is 0.435 e. The van der Waals surface area contributed by atoms with Crippen molar-refractivity contribution in [3.05, 3.63) is 29.8 Å². The molecule has 0 unspecified atom stereocenters. The van der Waals surface area contributed by atoms with Gasteiger partial charge >= 0.3 is 6.61 Å². The van der Waals surface area contributed by atoms with Crippen molar-refractivity contribution in [1.29, 1.82) is 0 Å². The summed E-state index contributed by atoms with van der Waals surface area (Å²) >= 11 is 4.59. The smallest absolute Gasteiger partial charge is 0.387 e. The third-order valence-electron chi connectivity index (χ3n) is 1.83. The number of hydrogen-bond donors (Lipinski definition) is 2. The molecule has 0 saturated heterocycles. The van der Waals surface area contributed by atoms with Crippen LogP contribution in [0.3, 0.4) is 0 Å². The first kappa shape index (κ1) is 13.3. The van der Waals surface area contributed by atoms with Crippen LogP contribution < -0.4 is 15.9 Å². The number of nitrogens with zero attached hydrogens (tertiary/aromatic N) is 1. The lowest BCUT2D eigenvalue weighted by atomic mass is 10.1. The summed E-state index contributed by atoms with van der Waals surface area (Å²) in [6, 6.07) is 6.08. The first-order valence-corrected chi connectivity index (χ1v) is 5.05. The molecule has 1 aromatic carbocycles. The van der Waals surface area contributed by atoms with Crippen molar-refractivity contribution >= 4 is 23.0 Å². The number of nitrogens with two attached hydrogens (primary N) is 1. The Balaban J connectivity index is 2.73. The zero-order valence-corrected chi connectivity index (χ0v) is 9.80. The molecule has 3 N–H and O–H groups in total. The minimum absolute atomic E-state index is 0.0574. The van der Waals surface area contributed by atoms with Crippen LogP contribution >= 0.6 is 12.2 Å². The molecular formula is C10H11F2N3OS. The van der Waals surface area contributed by atoms with Gasteiger partial charge < -0.3 is 10.5 Å². The fourth-order valence-electron chi connectivity index (χ4n) is 1.08. The molecule has 1 rings (SSSR count). The maximum atomic E-state index is 11.9. The topological polar surface area (TPSA) is 59.6 Å². The molecule has 0 heterocycles. The van der Waals surface area contributed by atoms with E-state index in [-0.39, 0.29) is 10.9 Å².